The van der Waals surface area contributed by atoms with Gasteiger partial charge in [0.25, 0.3) is 0 Å². The van der Waals surface area contributed by atoms with Crippen LogP contribution in [0.3, 0.4) is 0 Å². The molecule has 2 unspecified atom stereocenters. The first-order valence-electron chi connectivity index (χ1n) is 4.40. The van der Waals surface area contributed by atoms with Crippen LogP contribution in [0.15, 0.2) is 12.7 Å². The fourth-order valence-corrected chi connectivity index (χ4v) is 1.11. The molecule has 0 aromatic rings. The van der Waals surface area contributed by atoms with E-state index in [1.54, 1.807) is 0 Å². The molecule has 1 rings (SSSR count). The van der Waals surface area contributed by atoms with E-state index in [1.165, 1.54) is 0 Å². The van der Waals surface area contributed by atoms with Gasteiger partial charge in [0.1, 0.15) is 12.3 Å². The molecular formula is C9H18N2O. The van der Waals surface area contributed by atoms with Crippen LogP contribution < -0.4 is 5.32 Å². The van der Waals surface area contributed by atoms with Gasteiger partial charge in [0.15, 0.2) is 0 Å². The van der Waals surface area contributed by atoms with E-state index in [0.29, 0.717) is 0 Å². The normalized spacial score (nSPS) is 27.6. The summed E-state index contributed by atoms with van der Waals surface area (Å²) in [5, 5.41) is 3.29. The molecule has 1 heterocycles. The molecule has 0 spiro atoms. The van der Waals surface area contributed by atoms with E-state index in [4.69, 9.17) is 4.74 Å². The van der Waals surface area contributed by atoms with Crippen molar-refractivity contribution in [2.45, 2.75) is 18.8 Å². The average molecular weight is 170 g/mol. The van der Waals surface area contributed by atoms with Crippen molar-refractivity contribution in [2.24, 2.45) is 0 Å². The first-order valence-corrected chi connectivity index (χ1v) is 4.40. The lowest BCUT2D eigenvalue weighted by Crippen LogP contribution is -2.24. The molecule has 1 aliphatic rings. The van der Waals surface area contributed by atoms with Crippen LogP contribution in [-0.4, -0.2) is 44.4 Å². The Kier molecular flexibility index (Phi) is 3.72. The summed E-state index contributed by atoms with van der Waals surface area (Å²) in [7, 11) is 4.17. The molecule has 2 atom stereocenters. The molecule has 3 heteroatoms. The van der Waals surface area contributed by atoms with Gasteiger partial charge in [0.05, 0.1) is 0 Å². The third kappa shape index (κ3) is 3.34. The molecule has 1 saturated heterocycles. The van der Waals surface area contributed by atoms with Gasteiger partial charge in [-0.15, -0.1) is 6.58 Å². The summed E-state index contributed by atoms with van der Waals surface area (Å²) >= 11 is 0. The van der Waals surface area contributed by atoms with Gasteiger partial charge in [-0.3, -0.25) is 5.32 Å². The van der Waals surface area contributed by atoms with Crippen molar-refractivity contribution in [3.63, 3.8) is 0 Å². The van der Waals surface area contributed by atoms with E-state index < -0.39 is 0 Å². The zero-order valence-corrected chi connectivity index (χ0v) is 7.92. The maximum Gasteiger partial charge on any atom is 0.139 e. The monoisotopic (exact) mass is 170 g/mol. The van der Waals surface area contributed by atoms with Crippen molar-refractivity contribution < 1.29 is 4.74 Å². The molecule has 70 valence electrons. The summed E-state index contributed by atoms with van der Waals surface area (Å²) in [5.74, 6) is 0. The Bertz CT molecular complexity index is 147. The molecule has 1 N–H and O–H groups in total. The van der Waals surface area contributed by atoms with E-state index >= 15 is 0 Å². The highest BCUT2D eigenvalue weighted by Gasteiger charge is 2.34. The predicted octanol–water partition coefficient (Wildman–Crippen LogP) is 0.439. The number of ether oxygens (including phenoxy) is 1. The van der Waals surface area contributed by atoms with E-state index in [2.05, 4.69) is 30.9 Å². The van der Waals surface area contributed by atoms with Crippen LogP contribution in [0, 0.1) is 0 Å². The number of nitrogens with zero attached hydrogens (tertiary/aromatic N) is 1. The molecule has 0 radical (unpaired) electrons. The Labute approximate surface area is 74.4 Å². The number of nitrogens with one attached hydrogen (secondary N) is 1. The first kappa shape index (κ1) is 9.71. The van der Waals surface area contributed by atoms with Crippen LogP contribution in [0.25, 0.3) is 0 Å². The molecule has 1 aliphatic heterocycles. The number of hydrogen-bond acceptors (Lipinski definition) is 3. The number of rotatable bonds is 6. The Balaban J connectivity index is 1.87. The van der Waals surface area contributed by atoms with Crippen molar-refractivity contribution in [2.75, 3.05) is 27.2 Å². The van der Waals surface area contributed by atoms with Crippen molar-refractivity contribution in [3.05, 3.63) is 12.7 Å². The molecule has 0 amide bonds. The zero-order valence-electron chi connectivity index (χ0n) is 7.92. The third-order valence-electron chi connectivity index (χ3n) is 1.89. The minimum absolute atomic E-state index is 0.240. The SMILES string of the molecule is C=CC1OC1NCCCN(C)C. The van der Waals surface area contributed by atoms with Crippen molar-refractivity contribution in [1.82, 2.24) is 10.2 Å². The fraction of sp³-hybridized carbons (Fsp3) is 0.778. The van der Waals surface area contributed by atoms with Gasteiger partial charge in [0, 0.05) is 0 Å². The van der Waals surface area contributed by atoms with E-state index in [-0.39, 0.29) is 12.3 Å². The Morgan fingerprint density at radius 1 is 1.58 bits per heavy atom. The second-order valence-corrected chi connectivity index (χ2v) is 3.37. The van der Waals surface area contributed by atoms with Crippen molar-refractivity contribution >= 4 is 0 Å². The summed E-state index contributed by atoms with van der Waals surface area (Å²) in [5.41, 5.74) is 0. The lowest BCUT2D eigenvalue weighted by molar-refractivity contribution is 0.343. The highest BCUT2D eigenvalue weighted by Crippen LogP contribution is 2.19. The molecule has 0 aromatic heterocycles. The summed E-state index contributed by atoms with van der Waals surface area (Å²) in [6.07, 6.45) is 3.49. The Morgan fingerprint density at radius 3 is 2.83 bits per heavy atom. The Hall–Kier alpha value is -0.380. The molecule has 0 aromatic carbocycles. The molecule has 12 heavy (non-hydrogen) atoms. The number of hydrogen-bond donors (Lipinski definition) is 1. The highest BCUT2D eigenvalue weighted by atomic mass is 16.6. The molecule has 0 aliphatic carbocycles. The molecule has 3 nitrogen and oxygen atoms in total. The smallest absolute Gasteiger partial charge is 0.139 e. The third-order valence-corrected chi connectivity index (χ3v) is 1.89. The quantitative estimate of drug-likeness (QED) is 0.356. The first-order chi connectivity index (χ1) is 5.74. The van der Waals surface area contributed by atoms with Crippen LogP contribution in [0.1, 0.15) is 6.42 Å². The lowest BCUT2D eigenvalue weighted by Gasteiger charge is -2.08. The molecule has 0 bridgehead atoms. The van der Waals surface area contributed by atoms with Crippen LogP contribution in [0.5, 0.6) is 0 Å². The molecule has 1 fully saturated rings. The van der Waals surface area contributed by atoms with Gasteiger partial charge in [-0.05, 0) is 33.6 Å². The van der Waals surface area contributed by atoms with Gasteiger partial charge >= 0.3 is 0 Å². The van der Waals surface area contributed by atoms with Gasteiger partial charge in [-0.25, -0.2) is 0 Å². The van der Waals surface area contributed by atoms with E-state index in [9.17, 15) is 0 Å². The Morgan fingerprint density at radius 2 is 2.33 bits per heavy atom. The second-order valence-electron chi connectivity index (χ2n) is 3.37. The molecular weight excluding hydrogens is 152 g/mol. The zero-order chi connectivity index (χ0) is 8.97. The van der Waals surface area contributed by atoms with Crippen LogP contribution in [0.2, 0.25) is 0 Å². The second kappa shape index (κ2) is 4.60. The van der Waals surface area contributed by atoms with Crippen molar-refractivity contribution in [3.8, 4) is 0 Å². The lowest BCUT2D eigenvalue weighted by atomic mass is 10.3. The van der Waals surface area contributed by atoms with Gasteiger partial charge in [-0.2, -0.15) is 0 Å². The maximum atomic E-state index is 5.23. The van der Waals surface area contributed by atoms with Crippen LogP contribution in [0.4, 0.5) is 0 Å². The fourth-order valence-electron chi connectivity index (χ4n) is 1.11. The van der Waals surface area contributed by atoms with Gasteiger partial charge < -0.3 is 9.64 Å². The minimum Gasteiger partial charge on any atom is -0.349 e. The summed E-state index contributed by atoms with van der Waals surface area (Å²) < 4.78 is 5.23. The van der Waals surface area contributed by atoms with Crippen molar-refractivity contribution in [1.29, 1.82) is 0 Å². The van der Waals surface area contributed by atoms with Gasteiger partial charge in [0.2, 0.25) is 0 Å². The maximum absolute atomic E-state index is 5.23. The standard InChI is InChI=1S/C9H18N2O/c1-4-8-9(12-8)10-6-5-7-11(2)3/h4,8-10H,1,5-7H2,2-3H3. The van der Waals surface area contributed by atoms with E-state index in [1.807, 2.05) is 6.08 Å². The van der Waals surface area contributed by atoms with Gasteiger partial charge in [-0.1, -0.05) is 6.08 Å². The largest absolute Gasteiger partial charge is 0.349 e. The summed E-state index contributed by atoms with van der Waals surface area (Å²) in [6, 6.07) is 0. The predicted molar refractivity (Wildman–Crippen MR) is 50.0 cm³/mol. The minimum atomic E-state index is 0.240. The highest BCUT2D eigenvalue weighted by molar-refractivity contribution is 4.96. The van der Waals surface area contributed by atoms with E-state index in [0.717, 1.165) is 19.5 Å². The number of epoxide rings is 1. The molecule has 0 saturated carbocycles. The summed E-state index contributed by atoms with van der Waals surface area (Å²) in [4.78, 5) is 2.18. The summed E-state index contributed by atoms with van der Waals surface area (Å²) in [6.45, 7) is 5.80. The topological polar surface area (TPSA) is 27.8 Å². The van der Waals surface area contributed by atoms with Crippen LogP contribution in [-0.2, 0) is 4.74 Å². The van der Waals surface area contributed by atoms with Crippen LogP contribution >= 0.6 is 0 Å². The average Bonchev–Trinajstić information content (AvgIpc) is 2.76.